The Kier molecular flexibility index (Phi) is 5.45. The summed E-state index contributed by atoms with van der Waals surface area (Å²) in [6.07, 6.45) is 0. The molecular weight excluding hydrogens is 404 g/mol. The zero-order chi connectivity index (χ0) is 22.3. The van der Waals surface area contributed by atoms with E-state index in [1.807, 2.05) is 17.9 Å². The first-order valence-corrected chi connectivity index (χ1v) is 10.00. The predicted molar refractivity (Wildman–Crippen MR) is 114 cm³/mol. The first-order valence-electron chi connectivity index (χ1n) is 10.00. The summed E-state index contributed by atoms with van der Waals surface area (Å²) in [6, 6.07) is 6.43. The number of primary amides is 1. The lowest BCUT2D eigenvalue weighted by Crippen LogP contribution is -2.46. The highest BCUT2D eigenvalue weighted by molar-refractivity contribution is 5.91. The van der Waals surface area contributed by atoms with Crippen molar-refractivity contribution in [1.82, 2.24) is 14.9 Å². The second-order valence-corrected chi connectivity index (χ2v) is 7.87. The summed E-state index contributed by atoms with van der Waals surface area (Å²) in [5, 5.41) is 0.700. The van der Waals surface area contributed by atoms with Gasteiger partial charge in [0, 0.05) is 49.2 Å². The number of nitrogens with two attached hydrogens (primary N) is 1. The molecule has 9 heteroatoms. The first kappa shape index (κ1) is 20.9. The molecule has 0 spiro atoms. The molecular formula is C22H23F2N5O2. The van der Waals surface area contributed by atoms with E-state index in [2.05, 4.69) is 14.9 Å². The fraction of sp³-hybridized carbons (Fsp3) is 0.318. The Bertz CT molecular complexity index is 1230. The third kappa shape index (κ3) is 4.00. The molecule has 3 N–H and O–H groups in total. The quantitative estimate of drug-likeness (QED) is 0.623. The fourth-order valence-corrected chi connectivity index (χ4v) is 3.98. The minimum atomic E-state index is -0.778. The first-order chi connectivity index (χ1) is 14.7. The van der Waals surface area contributed by atoms with Crippen LogP contribution in [0, 0.1) is 25.6 Å². The van der Waals surface area contributed by atoms with E-state index in [4.69, 9.17) is 5.73 Å². The van der Waals surface area contributed by atoms with E-state index in [0.29, 0.717) is 54.9 Å². The van der Waals surface area contributed by atoms with Crippen molar-refractivity contribution in [2.75, 3.05) is 31.1 Å². The lowest BCUT2D eigenvalue weighted by molar-refractivity contribution is 0.0994. The van der Waals surface area contributed by atoms with Crippen LogP contribution >= 0.6 is 0 Å². The van der Waals surface area contributed by atoms with E-state index in [1.54, 1.807) is 13.0 Å². The summed E-state index contributed by atoms with van der Waals surface area (Å²) in [5.41, 5.74) is 7.22. The number of aromatic amines is 1. The number of carbonyl (C=O) groups is 1. The number of hydrogen-bond acceptors (Lipinski definition) is 5. The molecule has 0 atom stereocenters. The number of benzene rings is 1. The molecule has 1 saturated heterocycles. The van der Waals surface area contributed by atoms with Crippen molar-refractivity contribution < 1.29 is 13.6 Å². The molecule has 31 heavy (non-hydrogen) atoms. The van der Waals surface area contributed by atoms with E-state index >= 15 is 4.39 Å². The van der Waals surface area contributed by atoms with Gasteiger partial charge in [-0.05, 0) is 37.6 Å². The Morgan fingerprint density at radius 3 is 2.48 bits per heavy atom. The molecule has 4 rings (SSSR count). The maximum absolute atomic E-state index is 15.1. The normalized spacial score (nSPS) is 14.9. The van der Waals surface area contributed by atoms with Gasteiger partial charge < -0.3 is 15.6 Å². The Morgan fingerprint density at radius 2 is 1.84 bits per heavy atom. The van der Waals surface area contributed by atoms with Crippen LogP contribution in [0.25, 0.3) is 10.9 Å². The van der Waals surface area contributed by atoms with Crippen LogP contribution in [0.4, 0.5) is 14.5 Å². The van der Waals surface area contributed by atoms with Gasteiger partial charge in [0.05, 0.1) is 11.2 Å². The number of hydrogen-bond donors (Lipinski definition) is 2. The number of pyridine rings is 2. The molecule has 1 aliphatic rings. The second kappa shape index (κ2) is 8.07. The molecule has 1 amide bonds. The van der Waals surface area contributed by atoms with Crippen LogP contribution < -0.4 is 16.2 Å². The highest BCUT2D eigenvalue weighted by Crippen LogP contribution is 2.25. The molecule has 0 saturated carbocycles. The SMILES string of the molecule is Cc1cc2c(C)cc(CN3CCN(c4ccc(C(N)=O)nc4F)CC3)c(F)c2[nH]c1=O. The predicted octanol–water partition coefficient (Wildman–Crippen LogP) is 2.24. The Balaban J connectivity index is 1.50. The number of carbonyl (C=O) groups excluding carboxylic acids is 1. The van der Waals surface area contributed by atoms with Crippen molar-refractivity contribution in [2.24, 2.45) is 5.73 Å². The summed E-state index contributed by atoms with van der Waals surface area (Å²) in [7, 11) is 0. The molecule has 0 radical (unpaired) electrons. The number of aromatic nitrogens is 2. The van der Waals surface area contributed by atoms with Gasteiger partial charge in [-0.3, -0.25) is 14.5 Å². The number of H-pyrrole nitrogens is 1. The maximum atomic E-state index is 15.1. The van der Waals surface area contributed by atoms with Gasteiger partial charge in [0.25, 0.3) is 11.5 Å². The number of piperazine rings is 1. The molecule has 1 fully saturated rings. The second-order valence-electron chi connectivity index (χ2n) is 7.87. The van der Waals surface area contributed by atoms with E-state index in [1.165, 1.54) is 12.1 Å². The number of anilines is 1. The van der Waals surface area contributed by atoms with Gasteiger partial charge in [0.1, 0.15) is 5.69 Å². The Morgan fingerprint density at radius 1 is 1.13 bits per heavy atom. The average molecular weight is 427 g/mol. The van der Waals surface area contributed by atoms with Crippen LogP contribution in [0.3, 0.4) is 0 Å². The minimum Gasteiger partial charge on any atom is -0.365 e. The lowest BCUT2D eigenvalue weighted by atomic mass is 10.0. The van der Waals surface area contributed by atoms with Crippen molar-refractivity contribution in [1.29, 1.82) is 0 Å². The van der Waals surface area contributed by atoms with Crippen molar-refractivity contribution in [3.05, 3.63) is 68.8 Å². The number of nitrogens with zero attached hydrogens (tertiary/aromatic N) is 3. The standard InChI is InChI=1S/C22H23F2N5O2/c1-12-9-14(18(23)19-15(12)10-13(2)22(31)27-19)11-28-5-7-29(8-6-28)17-4-3-16(21(25)30)26-20(17)24/h3-4,9-10H,5-8,11H2,1-2H3,(H2,25,30)(H,27,31). The molecule has 7 nitrogen and oxygen atoms in total. The number of fused-ring (bicyclic) bond motifs is 1. The third-order valence-electron chi connectivity index (χ3n) is 5.73. The monoisotopic (exact) mass is 427 g/mol. The van der Waals surface area contributed by atoms with Crippen LogP contribution in [0.1, 0.15) is 27.2 Å². The van der Waals surface area contributed by atoms with Gasteiger partial charge in [0.2, 0.25) is 5.95 Å². The van der Waals surface area contributed by atoms with Crippen LogP contribution in [-0.4, -0.2) is 47.0 Å². The number of amides is 1. The van der Waals surface area contributed by atoms with Gasteiger partial charge in [-0.15, -0.1) is 0 Å². The highest BCUT2D eigenvalue weighted by atomic mass is 19.1. The van der Waals surface area contributed by atoms with E-state index < -0.39 is 17.7 Å². The van der Waals surface area contributed by atoms with Crippen LogP contribution in [-0.2, 0) is 6.54 Å². The molecule has 162 valence electrons. The summed E-state index contributed by atoms with van der Waals surface area (Å²) in [6.45, 7) is 6.22. The van der Waals surface area contributed by atoms with Gasteiger partial charge >= 0.3 is 0 Å². The number of aryl methyl sites for hydroxylation is 2. The number of halogens is 2. The minimum absolute atomic E-state index is 0.115. The molecule has 3 heterocycles. The topological polar surface area (TPSA) is 95.3 Å². The van der Waals surface area contributed by atoms with Gasteiger partial charge in [-0.1, -0.05) is 6.07 Å². The zero-order valence-electron chi connectivity index (χ0n) is 17.3. The van der Waals surface area contributed by atoms with Gasteiger partial charge in [-0.25, -0.2) is 9.37 Å². The third-order valence-corrected chi connectivity index (χ3v) is 5.73. The fourth-order valence-electron chi connectivity index (χ4n) is 3.98. The molecule has 3 aromatic rings. The van der Waals surface area contributed by atoms with Gasteiger partial charge in [0.15, 0.2) is 5.82 Å². The van der Waals surface area contributed by atoms with Crippen LogP contribution in [0.15, 0.2) is 29.1 Å². The molecule has 0 aliphatic carbocycles. The zero-order valence-corrected chi connectivity index (χ0v) is 17.3. The summed E-state index contributed by atoms with van der Waals surface area (Å²) in [4.78, 5) is 33.3. The van der Waals surface area contributed by atoms with Crippen molar-refractivity contribution >= 4 is 22.5 Å². The van der Waals surface area contributed by atoms with E-state index in [9.17, 15) is 14.0 Å². The number of rotatable bonds is 4. The van der Waals surface area contributed by atoms with Crippen molar-refractivity contribution in [3.63, 3.8) is 0 Å². The Labute approximate surface area is 177 Å². The smallest absolute Gasteiger partial charge is 0.267 e. The molecule has 1 aromatic carbocycles. The summed E-state index contributed by atoms with van der Waals surface area (Å²) >= 11 is 0. The van der Waals surface area contributed by atoms with Crippen molar-refractivity contribution in [2.45, 2.75) is 20.4 Å². The molecule has 0 bridgehead atoms. The highest BCUT2D eigenvalue weighted by Gasteiger charge is 2.22. The van der Waals surface area contributed by atoms with Crippen molar-refractivity contribution in [3.8, 4) is 0 Å². The molecule has 2 aromatic heterocycles. The lowest BCUT2D eigenvalue weighted by Gasteiger charge is -2.36. The molecule has 1 aliphatic heterocycles. The molecule has 0 unspecified atom stereocenters. The summed E-state index contributed by atoms with van der Waals surface area (Å²) in [5.74, 6) is -1.93. The average Bonchev–Trinajstić information content (AvgIpc) is 2.74. The largest absolute Gasteiger partial charge is 0.365 e. The van der Waals surface area contributed by atoms with Crippen LogP contribution in [0.2, 0.25) is 0 Å². The maximum Gasteiger partial charge on any atom is 0.267 e. The van der Waals surface area contributed by atoms with Crippen LogP contribution in [0.5, 0.6) is 0 Å². The van der Waals surface area contributed by atoms with E-state index in [0.717, 1.165) is 5.56 Å². The summed E-state index contributed by atoms with van der Waals surface area (Å²) < 4.78 is 29.4. The number of nitrogens with one attached hydrogen (secondary N) is 1. The Hall–Kier alpha value is -3.33. The van der Waals surface area contributed by atoms with Gasteiger partial charge in [-0.2, -0.15) is 4.39 Å². The van der Waals surface area contributed by atoms with E-state index in [-0.39, 0.29) is 16.8 Å².